The SMILES string of the molecule is [C-]#[N+]C=CCCCl. The Morgan fingerprint density at radius 2 is 2.43 bits per heavy atom. The van der Waals surface area contributed by atoms with E-state index in [9.17, 15) is 0 Å². The average molecular weight is 116 g/mol. The molecule has 0 aliphatic carbocycles. The van der Waals surface area contributed by atoms with E-state index in [2.05, 4.69) is 4.85 Å². The summed E-state index contributed by atoms with van der Waals surface area (Å²) in [6.07, 6.45) is 3.96. The molecular formula is C5H6ClN. The molecule has 0 rings (SSSR count). The van der Waals surface area contributed by atoms with Crippen molar-refractivity contribution >= 4 is 11.6 Å². The molecule has 0 aliphatic heterocycles. The zero-order valence-corrected chi connectivity index (χ0v) is 4.65. The molecule has 0 heterocycles. The highest BCUT2D eigenvalue weighted by atomic mass is 35.5. The minimum absolute atomic E-state index is 0.603. The Morgan fingerprint density at radius 1 is 1.71 bits per heavy atom. The lowest BCUT2D eigenvalue weighted by Gasteiger charge is -1.74. The second kappa shape index (κ2) is 5.52. The van der Waals surface area contributed by atoms with Gasteiger partial charge in [0.2, 0.25) is 0 Å². The predicted molar refractivity (Wildman–Crippen MR) is 31.1 cm³/mol. The normalized spacial score (nSPS) is 9.14. The summed E-state index contributed by atoms with van der Waals surface area (Å²) < 4.78 is 0. The van der Waals surface area contributed by atoms with Gasteiger partial charge in [-0.2, -0.15) is 0 Å². The molecule has 2 heteroatoms. The van der Waals surface area contributed by atoms with Crippen LogP contribution < -0.4 is 0 Å². The van der Waals surface area contributed by atoms with Crippen LogP contribution in [0.2, 0.25) is 0 Å². The van der Waals surface area contributed by atoms with Gasteiger partial charge in [0.05, 0.1) is 6.57 Å². The standard InChI is InChI=1S/C5H6ClN/c1-7-5-3-2-4-6/h3,5H,2,4H2. The van der Waals surface area contributed by atoms with E-state index in [1.165, 1.54) is 6.20 Å². The number of allylic oxidation sites excluding steroid dienone is 1. The first-order valence-corrected chi connectivity index (χ1v) is 2.53. The lowest BCUT2D eigenvalue weighted by atomic mass is 10.5. The first kappa shape index (κ1) is 6.52. The van der Waals surface area contributed by atoms with Crippen LogP contribution in [-0.4, -0.2) is 5.88 Å². The first-order chi connectivity index (χ1) is 3.41. The van der Waals surface area contributed by atoms with Crippen LogP contribution >= 0.6 is 11.6 Å². The van der Waals surface area contributed by atoms with Crippen molar-refractivity contribution in [1.29, 1.82) is 0 Å². The van der Waals surface area contributed by atoms with Gasteiger partial charge in [-0.1, -0.05) is 6.08 Å². The summed E-state index contributed by atoms with van der Waals surface area (Å²) in [6.45, 7) is 6.28. The molecular weight excluding hydrogens is 110 g/mol. The molecule has 1 nitrogen and oxygen atoms in total. The Bertz CT molecular complexity index is 90.7. The fraction of sp³-hybridized carbons (Fsp3) is 0.400. The van der Waals surface area contributed by atoms with Crippen LogP contribution in [0.4, 0.5) is 0 Å². The van der Waals surface area contributed by atoms with Crippen molar-refractivity contribution in [1.82, 2.24) is 0 Å². The summed E-state index contributed by atoms with van der Waals surface area (Å²) in [5.41, 5.74) is 0. The van der Waals surface area contributed by atoms with Crippen LogP contribution in [0.15, 0.2) is 12.3 Å². The van der Waals surface area contributed by atoms with Crippen LogP contribution in [0, 0.1) is 6.57 Å². The summed E-state index contributed by atoms with van der Waals surface area (Å²) in [6, 6.07) is 0. The van der Waals surface area contributed by atoms with Gasteiger partial charge in [0.1, 0.15) is 6.20 Å². The van der Waals surface area contributed by atoms with E-state index >= 15 is 0 Å². The van der Waals surface area contributed by atoms with Gasteiger partial charge in [-0.15, -0.1) is 11.6 Å². The molecule has 0 aromatic heterocycles. The van der Waals surface area contributed by atoms with E-state index in [4.69, 9.17) is 18.2 Å². The van der Waals surface area contributed by atoms with Crippen LogP contribution in [0.3, 0.4) is 0 Å². The first-order valence-electron chi connectivity index (χ1n) is 1.99. The molecule has 0 aromatic rings. The second-order valence-corrected chi connectivity index (χ2v) is 1.37. The molecule has 7 heavy (non-hydrogen) atoms. The van der Waals surface area contributed by atoms with Gasteiger partial charge in [0.25, 0.3) is 0 Å². The van der Waals surface area contributed by atoms with Gasteiger partial charge in [-0.25, -0.2) is 4.85 Å². The summed E-state index contributed by atoms with van der Waals surface area (Å²) in [4.78, 5) is 2.98. The number of halogens is 1. The van der Waals surface area contributed by atoms with E-state index in [1.54, 1.807) is 6.08 Å². The molecule has 0 fully saturated rings. The van der Waals surface area contributed by atoms with Crippen LogP contribution in [0.5, 0.6) is 0 Å². The van der Waals surface area contributed by atoms with Crippen molar-refractivity contribution in [2.75, 3.05) is 5.88 Å². The molecule has 0 saturated carbocycles. The third-order valence-corrected chi connectivity index (χ3v) is 0.674. The van der Waals surface area contributed by atoms with E-state index in [0.717, 1.165) is 6.42 Å². The molecule has 0 N–H and O–H groups in total. The van der Waals surface area contributed by atoms with E-state index in [-0.39, 0.29) is 0 Å². The molecule has 0 saturated heterocycles. The number of hydrogen-bond donors (Lipinski definition) is 0. The third-order valence-electron chi connectivity index (χ3n) is 0.456. The monoisotopic (exact) mass is 115 g/mol. The molecule has 0 aromatic carbocycles. The highest BCUT2D eigenvalue weighted by molar-refractivity contribution is 6.17. The molecule has 0 atom stereocenters. The number of rotatable bonds is 2. The van der Waals surface area contributed by atoms with Crippen LogP contribution in [0.25, 0.3) is 4.85 Å². The van der Waals surface area contributed by atoms with Gasteiger partial charge >= 0.3 is 0 Å². The molecule has 38 valence electrons. The summed E-state index contributed by atoms with van der Waals surface area (Å²) in [7, 11) is 0. The molecule has 0 aliphatic rings. The lowest BCUT2D eigenvalue weighted by molar-refractivity contribution is 1.23. The smallest absolute Gasteiger partial charge is 0.150 e. The van der Waals surface area contributed by atoms with Crippen molar-refractivity contribution in [3.63, 3.8) is 0 Å². The van der Waals surface area contributed by atoms with Gasteiger partial charge in [-0.05, 0) is 6.42 Å². The highest BCUT2D eigenvalue weighted by Gasteiger charge is 1.68. The fourth-order valence-corrected chi connectivity index (χ4v) is 0.316. The zero-order valence-electron chi connectivity index (χ0n) is 3.89. The van der Waals surface area contributed by atoms with Crippen molar-refractivity contribution < 1.29 is 0 Å². The van der Waals surface area contributed by atoms with Crippen molar-refractivity contribution in [2.45, 2.75) is 6.42 Å². The maximum atomic E-state index is 6.28. The van der Waals surface area contributed by atoms with Gasteiger partial charge in [0, 0.05) is 5.88 Å². The Hall–Kier alpha value is -0.480. The maximum Gasteiger partial charge on any atom is 0.150 e. The molecule has 0 amide bonds. The minimum atomic E-state index is 0.603. The predicted octanol–water partition coefficient (Wildman–Crippen LogP) is 2.05. The summed E-state index contributed by atoms with van der Waals surface area (Å²) in [5, 5.41) is 0. The van der Waals surface area contributed by atoms with E-state index in [1.807, 2.05) is 0 Å². The van der Waals surface area contributed by atoms with Crippen molar-refractivity contribution in [2.24, 2.45) is 0 Å². The molecule has 0 spiro atoms. The largest absolute Gasteiger partial charge is 0.246 e. The number of hydrogen-bond acceptors (Lipinski definition) is 0. The number of alkyl halides is 1. The minimum Gasteiger partial charge on any atom is -0.246 e. The Balaban J connectivity index is 2.97. The number of nitrogens with zero attached hydrogens (tertiary/aromatic N) is 1. The lowest BCUT2D eigenvalue weighted by Crippen LogP contribution is -1.62. The Labute approximate surface area is 48.4 Å². The van der Waals surface area contributed by atoms with Crippen molar-refractivity contribution in [3.05, 3.63) is 23.7 Å². The van der Waals surface area contributed by atoms with E-state index < -0.39 is 0 Å². The van der Waals surface area contributed by atoms with Gasteiger partial charge in [-0.3, -0.25) is 0 Å². The Kier molecular flexibility index (Phi) is 5.14. The van der Waals surface area contributed by atoms with Crippen LogP contribution in [-0.2, 0) is 0 Å². The summed E-state index contributed by atoms with van der Waals surface area (Å²) >= 11 is 5.28. The molecule has 0 unspecified atom stereocenters. The van der Waals surface area contributed by atoms with Gasteiger partial charge in [0.15, 0.2) is 0 Å². The quantitative estimate of drug-likeness (QED) is 0.383. The maximum absolute atomic E-state index is 6.28. The second-order valence-electron chi connectivity index (χ2n) is 0.992. The zero-order chi connectivity index (χ0) is 5.54. The summed E-state index contributed by atoms with van der Waals surface area (Å²) in [5.74, 6) is 0.603. The van der Waals surface area contributed by atoms with Crippen molar-refractivity contribution in [3.8, 4) is 0 Å². The van der Waals surface area contributed by atoms with E-state index in [0.29, 0.717) is 5.88 Å². The average Bonchev–Trinajstić information content (AvgIpc) is 1.69. The fourth-order valence-electron chi connectivity index (χ4n) is 0.190. The topological polar surface area (TPSA) is 4.36 Å². The molecule has 0 bridgehead atoms. The van der Waals surface area contributed by atoms with Crippen LogP contribution in [0.1, 0.15) is 6.42 Å². The third kappa shape index (κ3) is 5.52. The molecule has 0 radical (unpaired) electrons. The highest BCUT2D eigenvalue weighted by Crippen LogP contribution is 1.85. The van der Waals surface area contributed by atoms with Gasteiger partial charge < -0.3 is 0 Å². The Morgan fingerprint density at radius 3 is 2.86 bits per heavy atom.